The topological polar surface area (TPSA) is 57.7 Å². The first-order valence-electron chi connectivity index (χ1n) is 9.46. The number of hydrogen-bond donors (Lipinski definition) is 3. The smallest absolute Gasteiger partial charge is 0.115 e. The number of thiocarbonyl (C=S) groups is 1. The Hall–Kier alpha value is -2.15. The molecule has 158 valence electrons. The summed E-state index contributed by atoms with van der Waals surface area (Å²) in [5.74, 6) is 0. The number of anilines is 1. The third-order valence-electron chi connectivity index (χ3n) is 3.99. The highest BCUT2D eigenvalue weighted by Gasteiger charge is 2.10. The molecule has 0 aliphatic heterocycles. The van der Waals surface area contributed by atoms with Crippen molar-refractivity contribution >= 4 is 40.2 Å². The molecule has 0 saturated carbocycles. The lowest BCUT2D eigenvalue weighted by atomic mass is 10.1. The number of aryl methyl sites for hydroxylation is 1. The van der Waals surface area contributed by atoms with E-state index in [9.17, 15) is 0 Å². The molecule has 1 atom stereocenters. The molecule has 0 fully saturated rings. The van der Waals surface area contributed by atoms with Gasteiger partial charge >= 0.3 is 0 Å². The average Bonchev–Trinajstić information content (AvgIpc) is 2.69. The molecule has 0 aliphatic carbocycles. The molecular formula is C22H31ClN4OS. The molecule has 1 aromatic rings. The van der Waals surface area contributed by atoms with Crippen LogP contribution in [0.25, 0.3) is 0 Å². The van der Waals surface area contributed by atoms with Crippen molar-refractivity contribution in [2.45, 2.75) is 33.8 Å². The lowest BCUT2D eigenvalue weighted by Crippen LogP contribution is -2.29. The molecule has 0 aliphatic rings. The Kier molecular flexibility index (Phi) is 11.3. The number of ether oxygens (including phenoxy) is 1. The molecule has 1 unspecified atom stereocenters. The normalized spacial score (nSPS) is 13.3. The van der Waals surface area contributed by atoms with Gasteiger partial charge in [0.1, 0.15) is 4.99 Å². The molecule has 0 saturated heterocycles. The first-order chi connectivity index (χ1) is 13.8. The maximum Gasteiger partial charge on any atom is 0.115 e. The van der Waals surface area contributed by atoms with Crippen LogP contribution in [0, 0.1) is 6.92 Å². The van der Waals surface area contributed by atoms with Crippen molar-refractivity contribution in [3.63, 3.8) is 0 Å². The zero-order valence-electron chi connectivity index (χ0n) is 17.8. The monoisotopic (exact) mass is 434 g/mol. The summed E-state index contributed by atoms with van der Waals surface area (Å²) in [5, 5.41) is 11.4. The van der Waals surface area contributed by atoms with Crippen LogP contribution in [0.4, 0.5) is 5.69 Å². The Morgan fingerprint density at radius 2 is 2.10 bits per heavy atom. The Morgan fingerprint density at radius 1 is 1.38 bits per heavy atom. The predicted octanol–water partition coefficient (Wildman–Crippen LogP) is 4.97. The van der Waals surface area contributed by atoms with Gasteiger partial charge in [-0.25, -0.2) is 0 Å². The standard InChI is InChI=1S/C22H31ClN4OS/c1-7-18(28-8-2)11-9-10-16(4)25-14-21(29)27-26-17(5)19-12-15(3)13-20(23)22(19)24-6/h7,9-13,18,24-25H,1,8,14H2,2-6H3,(H,27,29)/b11-9?,16-10+,26-17+. The van der Waals surface area contributed by atoms with Crippen LogP contribution in [0.5, 0.6) is 0 Å². The largest absolute Gasteiger partial charge is 0.386 e. The second kappa shape index (κ2) is 13.1. The summed E-state index contributed by atoms with van der Waals surface area (Å²) >= 11 is 11.7. The number of halogens is 1. The fourth-order valence-corrected chi connectivity index (χ4v) is 3.00. The van der Waals surface area contributed by atoms with Crippen molar-refractivity contribution in [1.29, 1.82) is 0 Å². The quantitative estimate of drug-likeness (QED) is 0.151. The maximum absolute atomic E-state index is 6.32. The Morgan fingerprint density at radius 3 is 2.72 bits per heavy atom. The number of allylic oxidation sites excluding steroid dienone is 3. The summed E-state index contributed by atoms with van der Waals surface area (Å²) in [4.78, 5) is 0.587. The highest BCUT2D eigenvalue weighted by atomic mass is 35.5. The number of hydrazone groups is 1. The molecule has 0 amide bonds. The second-order valence-corrected chi connectivity index (χ2v) is 7.30. The van der Waals surface area contributed by atoms with Gasteiger partial charge in [-0.05, 0) is 51.5 Å². The minimum atomic E-state index is -0.0817. The molecule has 0 heterocycles. The number of hydrogen-bond acceptors (Lipinski definition) is 5. The molecule has 0 radical (unpaired) electrons. The van der Waals surface area contributed by atoms with Crippen molar-refractivity contribution in [2.24, 2.45) is 5.10 Å². The van der Waals surface area contributed by atoms with Crippen molar-refractivity contribution in [1.82, 2.24) is 10.7 Å². The minimum Gasteiger partial charge on any atom is -0.386 e. The molecule has 3 N–H and O–H groups in total. The van der Waals surface area contributed by atoms with Gasteiger partial charge in [0.05, 0.1) is 29.1 Å². The summed E-state index contributed by atoms with van der Waals surface area (Å²) in [6.45, 7) is 12.7. The third kappa shape index (κ3) is 8.81. The minimum absolute atomic E-state index is 0.0817. The maximum atomic E-state index is 6.32. The molecule has 1 rings (SSSR count). The summed E-state index contributed by atoms with van der Waals surface area (Å²) in [6, 6.07) is 3.96. The van der Waals surface area contributed by atoms with E-state index in [1.807, 2.05) is 65.1 Å². The highest BCUT2D eigenvalue weighted by Crippen LogP contribution is 2.27. The van der Waals surface area contributed by atoms with Crippen LogP contribution < -0.4 is 16.1 Å². The average molecular weight is 435 g/mol. The first-order valence-corrected chi connectivity index (χ1v) is 10.3. The summed E-state index contributed by atoms with van der Waals surface area (Å²) in [6.07, 6.45) is 7.52. The van der Waals surface area contributed by atoms with Gasteiger partial charge in [-0.1, -0.05) is 42.0 Å². The first kappa shape index (κ1) is 24.9. The van der Waals surface area contributed by atoms with E-state index in [1.54, 1.807) is 6.08 Å². The molecule has 0 spiro atoms. The predicted molar refractivity (Wildman–Crippen MR) is 130 cm³/mol. The molecule has 0 aromatic heterocycles. The van der Waals surface area contributed by atoms with Gasteiger partial charge in [-0.3, -0.25) is 5.43 Å². The van der Waals surface area contributed by atoms with E-state index in [0.717, 1.165) is 28.2 Å². The van der Waals surface area contributed by atoms with Crippen molar-refractivity contribution in [3.8, 4) is 0 Å². The van der Waals surface area contributed by atoms with Gasteiger partial charge in [0.15, 0.2) is 0 Å². The zero-order valence-corrected chi connectivity index (χ0v) is 19.4. The van der Waals surface area contributed by atoms with Crippen LogP contribution in [0.2, 0.25) is 5.02 Å². The van der Waals surface area contributed by atoms with E-state index in [0.29, 0.717) is 23.2 Å². The SMILES string of the molecule is C=CC(C=C/C=C(\C)NCC(=S)N/N=C(\C)c1cc(C)cc(Cl)c1NC)OCC. The van der Waals surface area contributed by atoms with E-state index >= 15 is 0 Å². The zero-order chi connectivity index (χ0) is 21.8. The van der Waals surface area contributed by atoms with E-state index in [2.05, 4.69) is 27.7 Å². The third-order valence-corrected chi connectivity index (χ3v) is 4.52. The number of nitrogens with one attached hydrogen (secondary N) is 3. The van der Waals surface area contributed by atoms with Gasteiger partial charge in [-0.2, -0.15) is 5.10 Å². The van der Waals surface area contributed by atoms with Crippen LogP contribution in [-0.4, -0.2) is 37.0 Å². The van der Waals surface area contributed by atoms with Gasteiger partial charge in [0, 0.05) is 24.9 Å². The molecule has 7 heteroatoms. The fraction of sp³-hybridized carbons (Fsp3) is 0.364. The van der Waals surface area contributed by atoms with Gasteiger partial charge in [0.25, 0.3) is 0 Å². The van der Waals surface area contributed by atoms with Crippen molar-refractivity contribution in [2.75, 3.05) is 25.5 Å². The van der Waals surface area contributed by atoms with E-state index in [-0.39, 0.29) is 6.10 Å². The summed E-state index contributed by atoms with van der Waals surface area (Å²) < 4.78 is 5.48. The van der Waals surface area contributed by atoms with Crippen molar-refractivity contribution in [3.05, 3.63) is 64.9 Å². The van der Waals surface area contributed by atoms with Crippen LogP contribution in [-0.2, 0) is 4.74 Å². The highest BCUT2D eigenvalue weighted by molar-refractivity contribution is 7.80. The molecular weight excluding hydrogens is 404 g/mol. The lowest BCUT2D eigenvalue weighted by molar-refractivity contribution is 0.128. The molecule has 5 nitrogen and oxygen atoms in total. The molecule has 0 bridgehead atoms. The van der Waals surface area contributed by atoms with E-state index in [4.69, 9.17) is 28.6 Å². The van der Waals surface area contributed by atoms with Crippen LogP contribution in [0.3, 0.4) is 0 Å². The Labute approximate surface area is 184 Å². The van der Waals surface area contributed by atoms with Gasteiger partial charge in [0.2, 0.25) is 0 Å². The van der Waals surface area contributed by atoms with Crippen molar-refractivity contribution < 1.29 is 4.74 Å². The van der Waals surface area contributed by atoms with E-state index in [1.165, 1.54) is 0 Å². The number of rotatable bonds is 11. The summed E-state index contributed by atoms with van der Waals surface area (Å²) in [7, 11) is 1.84. The fourth-order valence-electron chi connectivity index (χ4n) is 2.51. The summed E-state index contributed by atoms with van der Waals surface area (Å²) in [5.41, 5.74) is 7.56. The Balaban J connectivity index is 2.64. The molecule has 29 heavy (non-hydrogen) atoms. The van der Waals surface area contributed by atoms with Crippen LogP contribution in [0.15, 0.2) is 53.8 Å². The van der Waals surface area contributed by atoms with Crippen LogP contribution >= 0.6 is 23.8 Å². The van der Waals surface area contributed by atoms with E-state index < -0.39 is 0 Å². The second-order valence-electron chi connectivity index (χ2n) is 6.40. The van der Waals surface area contributed by atoms with Gasteiger partial charge < -0.3 is 15.4 Å². The van der Waals surface area contributed by atoms with Gasteiger partial charge in [-0.15, -0.1) is 6.58 Å². The lowest BCUT2D eigenvalue weighted by Gasteiger charge is -2.13. The number of benzene rings is 1. The van der Waals surface area contributed by atoms with Crippen LogP contribution in [0.1, 0.15) is 31.9 Å². The Bertz CT molecular complexity index is 802. The molecule has 1 aromatic carbocycles. The number of nitrogens with zero attached hydrogens (tertiary/aromatic N) is 1.